The van der Waals surface area contributed by atoms with E-state index < -0.39 is 0 Å². The fourth-order valence-corrected chi connectivity index (χ4v) is 1.82. The largest absolute Gasteiger partial charge is 0.313 e. The van der Waals surface area contributed by atoms with Gasteiger partial charge in [0, 0.05) is 11.9 Å². The first-order valence-corrected chi connectivity index (χ1v) is 5.88. The zero-order valence-corrected chi connectivity index (χ0v) is 9.32. The van der Waals surface area contributed by atoms with Crippen LogP contribution in [0.1, 0.15) is 26.2 Å². The van der Waals surface area contributed by atoms with Crippen molar-refractivity contribution in [2.45, 2.75) is 32.2 Å². The highest BCUT2D eigenvalue weighted by molar-refractivity contribution is 6.18. The molecular formula is C10H21ClN2. The molecule has 0 saturated carbocycles. The maximum atomic E-state index is 5.69. The van der Waals surface area contributed by atoms with Crippen LogP contribution < -0.4 is 5.32 Å². The Hall–Kier alpha value is 0.210. The molecule has 78 valence electrons. The van der Waals surface area contributed by atoms with Gasteiger partial charge in [0.25, 0.3) is 0 Å². The Kier molecular flexibility index (Phi) is 5.76. The number of halogens is 1. The van der Waals surface area contributed by atoms with Crippen molar-refractivity contribution >= 4 is 11.6 Å². The summed E-state index contributed by atoms with van der Waals surface area (Å²) >= 11 is 5.69. The second-order valence-electron chi connectivity index (χ2n) is 3.91. The van der Waals surface area contributed by atoms with Crippen LogP contribution in [0.15, 0.2) is 0 Å². The summed E-state index contributed by atoms with van der Waals surface area (Å²) in [6.07, 6.45) is 4.04. The number of hydrogen-bond acceptors (Lipinski definition) is 2. The van der Waals surface area contributed by atoms with Gasteiger partial charge in [-0.1, -0.05) is 0 Å². The van der Waals surface area contributed by atoms with Gasteiger partial charge in [-0.25, -0.2) is 0 Å². The van der Waals surface area contributed by atoms with E-state index in [1.54, 1.807) is 0 Å². The summed E-state index contributed by atoms with van der Waals surface area (Å²) in [6.45, 7) is 7.10. The predicted octanol–water partition coefficient (Wildman–Crippen LogP) is 1.69. The SMILES string of the molecule is CC(CCl)NCCCN1CCCC1. The lowest BCUT2D eigenvalue weighted by Gasteiger charge is -2.15. The summed E-state index contributed by atoms with van der Waals surface area (Å²) < 4.78 is 0. The van der Waals surface area contributed by atoms with E-state index in [1.165, 1.54) is 38.9 Å². The molecule has 0 aromatic rings. The van der Waals surface area contributed by atoms with Crippen LogP contribution in [-0.2, 0) is 0 Å². The topological polar surface area (TPSA) is 15.3 Å². The van der Waals surface area contributed by atoms with Crippen LogP contribution in [0, 0.1) is 0 Å². The van der Waals surface area contributed by atoms with Crippen molar-refractivity contribution in [3.05, 3.63) is 0 Å². The van der Waals surface area contributed by atoms with E-state index in [-0.39, 0.29) is 0 Å². The van der Waals surface area contributed by atoms with Crippen molar-refractivity contribution in [1.29, 1.82) is 0 Å². The minimum Gasteiger partial charge on any atom is -0.313 e. The molecule has 1 rings (SSSR count). The van der Waals surface area contributed by atoms with Crippen molar-refractivity contribution in [2.24, 2.45) is 0 Å². The van der Waals surface area contributed by atoms with Gasteiger partial charge in [-0.05, 0) is 52.4 Å². The number of hydrogen-bond donors (Lipinski definition) is 1. The minimum atomic E-state index is 0.459. The quantitative estimate of drug-likeness (QED) is 0.524. The van der Waals surface area contributed by atoms with Crippen LogP contribution in [0.3, 0.4) is 0 Å². The van der Waals surface area contributed by atoms with Gasteiger partial charge in [-0.3, -0.25) is 0 Å². The fraction of sp³-hybridized carbons (Fsp3) is 1.00. The third kappa shape index (κ3) is 4.84. The molecule has 0 aliphatic carbocycles. The Morgan fingerprint density at radius 2 is 2.08 bits per heavy atom. The van der Waals surface area contributed by atoms with Gasteiger partial charge >= 0.3 is 0 Å². The zero-order chi connectivity index (χ0) is 9.52. The number of likely N-dealkylation sites (tertiary alicyclic amines) is 1. The third-order valence-electron chi connectivity index (χ3n) is 2.57. The second kappa shape index (κ2) is 6.63. The van der Waals surface area contributed by atoms with Gasteiger partial charge in [0.1, 0.15) is 0 Å². The van der Waals surface area contributed by atoms with Crippen LogP contribution >= 0.6 is 11.6 Å². The van der Waals surface area contributed by atoms with Crippen molar-refractivity contribution in [2.75, 3.05) is 32.1 Å². The van der Waals surface area contributed by atoms with E-state index in [4.69, 9.17) is 11.6 Å². The molecule has 0 aromatic carbocycles. The predicted molar refractivity (Wildman–Crippen MR) is 58.5 cm³/mol. The van der Waals surface area contributed by atoms with E-state index in [9.17, 15) is 0 Å². The van der Waals surface area contributed by atoms with Crippen LogP contribution in [0.4, 0.5) is 0 Å². The molecule has 1 atom stereocenters. The molecule has 3 heteroatoms. The maximum absolute atomic E-state index is 5.69. The average molecular weight is 205 g/mol. The van der Waals surface area contributed by atoms with E-state index in [2.05, 4.69) is 17.1 Å². The summed E-state index contributed by atoms with van der Waals surface area (Å²) in [5, 5.41) is 3.40. The minimum absolute atomic E-state index is 0.459. The van der Waals surface area contributed by atoms with Crippen molar-refractivity contribution in [3.8, 4) is 0 Å². The van der Waals surface area contributed by atoms with Crippen LogP contribution in [0.5, 0.6) is 0 Å². The van der Waals surface area contributed by atoms with Gasteiger partial charge in [0.15, 0.2) is 0 Å². The van der Waals surface area contributed by atoms with Crippen molar-refractivity contribution in [1.82, 2.24) is 10.2 Å². The monoisotopic (exact) mass is 204 g/mol. The molecule has 0 spiro atoms. The van der Waals surface area contributed by atoms with Crippen molar-refractivity contribution in [3.63, 3.8) is 0 Å². The number of nitrogens with zero attached hydrogens (tertiary/aromatic N) is 1. The maximum Gasteiger partial charge on any atom is 0.0374 e. The molecule has 0 amide bonds. The molecule has 1 saturated heterocycles. The van der Waals surface area contributed by atoms with Crippen LogP contribution in [0.25, 0.3) is 0 Å². The molecule has 0 bridgehead atoms. The van der Waals surface area contributed by atoms with E-state index >= 15 is 0 Å². The molecule has 0 radical (unpaired) electrons. The third-order valence-corrected chi connectivity index (χ3v) is 3.04. The first kappa shape index (κ1) is 11.3. The molecule has 1 unspecified atom stereocenters. The zero-order valence-electron chi connectivity index (χ0n) is 8.56. The Morgan fingerprint density at radius 1 is 1.38 bits per heavy atom. The van der Waals surface area contributed by atoms with E-state index in [1.807, 2.05) is 0 Å². The fourth-order valence-electron chi connectivity index (χ4n) is 1.71. The Balaban J connectivity index is 1.88. The lowest BCUT2D eigenvalue weighted by atomic mass is 10.3. The lowest BCUT2D eigenvalue weighted by Crippen LogP contribution is -2.31. The van der Waals surface area contributed by atoms with E-state index in [0.29, 0.717) is 11.9 Å². The highest BCUT2D eigenvalue weighted by atomic mass is 35.5. The number of rotatable bonds is 6. The first-order chi connectivity index (χ1) is 6.33. The van der Waals surface area contributed by atoms with Gasteiger partial charge < -0.3 is 10.2 Å². The van der Waals surface area contributed by atoms with Gasteiger partial charge in [0.2, 0.25) is 0 Å². The normalized spacial score (nSPS) is 20.8. The summed E-state index contributed by atoms with van der Waals surface area (Å²) in [7, 11) is 0. The summed E-state index contributed by atoms with van der Waals surface area (Å²) in [6, 6.07) is 0.459. The van der Waals surface area contributed by atoms with E-state index in [0.717, 1.165) is 6.54 Å². The van der Waals surface area contributed by atoms with Gasteiger partial charge in [0.05, 0.1) is 0 Å². The molecule has 0 aromatic heterocycles. The standard InChI is InChI=1S/C10H21ClN2/c1-10(9-11)12-5-4-8-13-6-2-3-7-13/h10,12H,2-9H2,1H3. The number of nitrogens with one attached hydrogen (secondary N) is 1. The summed E-state index contributed by atoms with van der Waals surface area (Å²) in [4.78, 5) is 2.55. The molecule has 13 heavy (non-hydrogen) atoms. The average Bonchev–Trinajstić information content (AvgIpc) is 2.64. The second-order valence-corrected chi connectivity index (χ2v) is 4.22. The van der Waals surface area contributed by atoms with Gasteiger partial charge in [-0.2, -0.15) is 0 Å². The molecule has 1 aliphatic rings. The molecule has 1 heterocycles. The Morgan fingerprint density at radius 3 is 2.69 bits per heavy atom. The summed E-state index contributed by atoms with van der Waals surface area (Å²) in [5.41, 5.74) is 0. The highest BCUT2D eigenvalue weighted by Crippen LogP contribution is 2.06. The van der Waals surface area contributed by atoms with Crippen LogP contribution in [0.2, 0.25) is 0 Å². The number of alkyl halides is 1. The molecule has 1 aliphatic heterocycles. The Labute approximate surface area is 86.6 Å². The lowest BCUT2D eigenvalue weighted by molar-refractivity contribution is 0.329. The first-order valence-electron chi connectivity index (χ1n) is 5.34. The highest BCUT2D eigenvalue weighted by Gasteiger charge is 2.10. The van der Waals surface area contributed by atoms with Gasteiger partial charge in [-0.15, -0.1) is 11.6 Å². The Bertz CT molecular complexity index is 124. The van der Waals surface area contributed by atoms with Crippen LogP contribution in [-0.4, -0.2) is 43.0 Å². The van der Waals surface area contributed by atoms with Crippen molar-refractivity contribution < 1.29 is 0 Å². The molecular weight excluding hydrogens is 184 g/mol. The summed E-state index contributed by atoms with van der Waals surface area (Å²) in [5.74, 6) is 0.712. The molecule has 1 N–H and O–H groups in total. The molecule has 1 fully saturated rings. The molecule has 2 nitrogen and oxygen atoms in total. The smallest absolute Gasteiger partial charge is 0.0374 e.